The molecule has 0 aromatic heterocycles. The molecule has 0 atom stereocenters. The minimum atomic E-state index is -0.833. The number of urea groups is 1. The number of rotatable bonds is 7. The van der Waals surface area contributed by atoms with Crippen LogP contribution in [0.1, 0.15) is 27.0 Å². The lowest BCUT2D eigenvalue weighted by Crippen LogP contribution is -2.54. The van der Waals surface area contributed by atoms with Crippen molar-refractivity contribution in [2.45, 2.75) is 13.3 Å². The highest BCUT2D eigenvalue weighted by atomic mass is 16.7. The van der Waals surface area contributed by atoms with Crippen LogP contribution in [0.5, 0.6) is 17.2 Å². The first-order valence-electron chi connectivity index (χ1n) is 12.6. The number of hydrogen-bond donors (Lipinski definition) is 1. The number of carbonyl (C=O) groups is 4. The van der Waals surface area contributed by atoms with Crippen LogP contribution in [0.4, 0.5) is 10.5 Å². The Kier molecular flexibility index (Phi) is 7.24. The molecular formula is C30H27N3O7. The van der Waals surface area contributed by atoms with E-state index in [-0.39, 0.29) is 24.0 Å². The maximum atomic E-state index is 13.6. The summed E-state index contributed by atoms with van der Waals surface area (Å²) in [6.45, 7) is 2.06. The van der Waals surface area contributed by atoms with E-state index in [1.54, 1.807) is 73.5 Å². The molecule has 10 heteroatoms. The summed E-state index contributed by atoms with van der Waals surface area (Å²) in [5, 5.41) is 2.26. The van der Waals surface area contributed by atoms with Crippen LogP contribution in [0.15, 0.2) is 66.2 Å². The fourth-order valence-electron chi connectivity index (χ4n) is 4.67. The molecule has 1 fully saturated rings. The Bertz CT molecular complexity index is 1550. The number of nitrogens with one attached hydrogen (secondary N) is 1. The van der Waals surface area contributed by atoms with Crippen LogP contribution in [0, 0.1) is 6.92 Å². The molecule has 1 saturated heterocycles. The second kappa shape index (κ2) is 10.9. The first-order chi connectivity index (χ1) is 19.3. The Morgan fingerprint density at radius 3 is 2.52 bits per heavy atom. The number of amides is 5. The van der Waals surface area contributed by atoms with E-state index in [2.05, 4.69) is 5.32 Å². The highest BCUT2D eigenvalue weighted by Gasteiger charge is 2.38. The summed E-state index contributed by atoms with van der Waals surface area (Å²) in [7, 11) is 3.14. The van der Waals surface area contributed by atoms with Crippen LogP contribution < -0.4 is 24.4 Å². The summed E-state index contributed by atoms with van der Waals surface area (Å²) < 4.78 is 16.9. The fraction of sp³-hybridized carbons (Fsp3) is 0.200. The number of ether oxygens (including phenoxy) is 3. The summed E-state index contributed by atoms with van der Waals surface area (Å²) >= 11 is 0. The minimum absolute atomic E-state index is 0.0213. The SMILES string of the molecule is COc1c(/C=C2/C(=O)NC(=O)N(c3ccccc3C)C2=O)c(CCN(C)C(=O)c2ccccc2)cc2c1OCO2. The lowest BCUT2D eigenvalue weighted by atomic mass is 9.97. The maximum absolute atomic E-state index is 13.6. The number of nitrogens with zero attached hydrogens (tertiary/aromatic N) is 2. The van der Waals surface area contributed by atoms with Crippen molar-refractivity contribution in [3.8, 4) is 17.2 Å². The number of aryl methyl sites for hydroxylation is 1. The molecular weight excluding hydrogens is 514 g/mol. The summed E-state index contributed by atoms with van der Waals surface area (Å²) in [5.74, 6) is -0.701. The lowest BCUT2D eigenvalue weighted by molar-refractivity contribution is -0.122. The third kappa shape index (κ3) is 4.86. The van der Waals surface area contributed by atoms with Gasteiger partial charge in [-0.15, -0.1) is 0 Å². The summed E-state index contributed by atoms with van der Waals surface area (Å²) in [6, 6.07) is 16.7. The van der Waals surface area contributed by atoms with E-state index >= 15 is 0 Å². The highest BCUT2D eigenvalue weighted by molar-refractivity contribution is 6.39. The highest BCUT2D eigenvalue weighted by Crippen LogP contribution is 2.46. The predicted molar refractivity (Wildman–Crippen MR) is 146 cm³/mol. The molecule has 204 valence electrons. The molecule has 0 spiro atoms. The van der Waals surface area contributed by atoms with Crippen LogP contribution in [-0.2, 0) is 16.0 Å². The quantitative estimate of drug-likeness (QED) is 0.358. The van der Waals surface area contributed by atoms with Crippen molar-refractivity contribution in [1.29, 1.82) is 0 Å². The van der Waals surface area contributed by atoms with Gasteiger partial charge >= 0.3 is 6.03 Å². The monoisotopic (exact) mass is 541 g/mol. The number of fused-ring (bicyclic) bond motifs is 1. The van der Waals surface area contributed by atoms with Crippen molar-refractivity contribution >= 4 is 35.5 Å². The molecule has 10 nitrogen and oxygen atoms in total. The second-order valence-electron chi connectivity index (χ2n) is 9.30. The molecule has 5 rings (SSSR count). The number of likely N-dealkylation sites (N-methyl/N-ethyl adjacent to an activating group) is 1. The van der Waals surface area contributed by atoms with E-state index in [1.165, 1.54) is 13.2 Å². The smallest absolute Gasteiger partial charge is 0.335 e. The molecule has 40 heavy (non-hydrogen) atoms. The Morgan fingerprint density at radius 1 is 1.07 bits per heavy atom. The molecule has 0 radical (unpaired) electrons. The molecule has 0 unspecified atom stereocenters. The normalized spacial score (nSPS) is 15.3. The van der Waals surface area contributed by atoms with Gasteiger partial charge in [-0.3, -0.25) is 19.7 Å². The second-order valence-corrected chi connectivity index (χ2v) is 9.30. The van der Waals surface area contributed by atoms with Gasteiger partial charge in [0.15, 0.2) is 11.5 Å². The van der Waals surface area contributed by atoms with Crippen molar-refractivity contribution in [1.82, 2.24) is 10.2 Å². The minimum Gasteiger partial charge on any atom is -0.492 e. The van der Waals surface area contributed by atoms with Gasteiger partial charge in [0, 0.05) is 24.7 Å². The van der Waals surface area contributed by atoms with Crippen LogP contribution in [-0.4, -0.2) is 56.1 Å². The van der Waals surface area contributed by atoms with Crippen molar-refractivity contribution in [3.05, 3.63) is 88.5 Å². The third-order valence-electron chi connectivity index (χ3n) is 6.78. The number of imide groups is 2. The molecule has 3 aromatic carbocycles. The average Bonchev–Trinajstić information content (AvgIpc) is 3.43. The zero-order chi connectivity index (χ0) is 28.4. The molecule has 5 amide bonds. The standard InChI is InChI=1S/C30H27N3O7/c1-18-9-7-8-12-23(18)33-29(36)22(27(34)31-30(33)37)16-21-20(15-24-26(25(21)38-3)40-17-39-24)13-14-32(2)28(35)19-10-5-4-6-11-19/h4-12,15-16H,13-14,17H2,1-3H3,(H,31,34,37)/b22-16-. The van der Waals surface area contributed by atoms with Gasteiger partial charge < -0.3 is 19.1 Å². The number of para-hydroxylation sites is 1. The molecule has 0 bridgehead atoms. The van der Waals surface area contributed by atoms with E-state index < -0.39 is 17.8 Å². The Balaban J connectivity index is 1.53. The topological polar surface area (TPSA) is 114 Å². The molecule has 3 aromatic rings. The Labute approximate surface area is 230 Å². The summed E-state index contributed by atoms with van der Waals surface area (Å²) in [5.41, 5.74) is 2.41. The van der Waals surface area contributed by atoms with Gasteiger partial charge in [0.2, 0.25) is 12.5 Å². The van der Waals surface area contributed by atoms with Gasteiger partial charge in [0.05, 0.1) is 12.8 Å². The van der Waals surface area contributed by atoms with E-state index in [1.807, 2.05) is 6.07 Å². The van der Waals surface area contributed by atoms with Crippen molar-refractivity contribution in [2.24, 2.45) is 0 Å². The Hall–Kier alpha value is -5.12. The van der Waals surface area contributed by atoms with E-state index in [9.17, 15) is 19.2 Å². The van der Waals surface area contributed by atoms with Gasteiger partial charge in [-0.2, -0.15) is 0 Å². The lowest BCUT2D eigenvalue weighted by Gasteiger charge is -2.27. The van der Waals surface area contributed by atoms with Crippen molar-refractivity contribution in [2.75, 3.05) is 32.4 Å². The largest absolute Gasteiger partial charge is 0.492 e. The van der Waals surface area contributed by atoms with Gasteiger partial charge in [-0.05, 0) is 54.8 Å². The molecule has 1 N–H and O–H groups in total. The molecule has 0 aliphatic carbocycles. The van der Waals surface area contributed by atoms with Crippen molar-refractivity contribution < 1.29 is 33.4 Å². The maximum Gasteiger partial charge on any atom is 0.335 e. The first kappa shape index (κ1) is 26.5. The predicted octanol–water partition coefficient (Wildman–Crippen LogP) is 3.71. The third-order valence-corrected chi connectivity index (χ3v) is 6.78. The number of methoxy groups -OCH3 is 1. The van der Waals surface area contributed by atoms with Gasteiger partial charge in [0.1, 0.15) is 5.57 Å². The average molecular weight is 542 g/mol. The molecule has 0 saturated carbocycles. The number of barbiturate groups is 1. The van der Waals surface area contributed by atoms with E-state index in [0.717, 1.165) is 4.90 Å². The molecule has 2 aliphatic rings. The van der Waals surface area contributed by atoms with Crippen LogP contribution in [0.25, 0.3) is 6.08 Å². The van der Waals surface area contributed by atoms with E-state index in [0.29, 0.717) is 52.4 Å². The van der Waals surface area contributed by atoms with Crippen LogP contribution in [0.3, 0.4) is 0 Å². The number of carbonyl (C=O) groups excluding carboxylic acids is 4. The number of anilines is 1. The van der Waals surface area contributed by atoms with Crippen LogP contribution in [0.2, 0.25) is 0 Å². The van der Waals surface area contributed by atoms with E-state index in [4.69, 9.17) is 14.2 Å². The number of hydrogen-bond acceptors (Lipinski definition) is 7. The fourth-order valence-corrected chi connectivity index (χ4v) is 4.67. The first-order valence-corrected chi connectivity index (χ1v) is 12.6. The molecule has 2 aliphatic heterocycles. The zero-order valence-electron chi connectivity index (χ0n) is 22.2. The van der Waals surface area contributed by atoms with Gasteiger partial charge in [-0.25, -0.2) is 9.69 Å². The number of benzene rings is 3. The van der Waals surface area contributed by atoms with Crippen LogP contribution >= 0.6 is 0 Å². The van der Waals surface area contributed by atoms with Gasteiger partial charge in [-0.1, -0.05) is 36.4 Å². The summed E-state index contributed by atoms with van der Waals surface area (Å²) in [6.07, 6.45) is 1.74. The zero-order valence-corrected chi connectivity index (χ0v) is 22.2. The Morgan fingerprint density at radius 2 is 1.80 bits per heavy atom. The van der Waals surface area contributed by atoms with Gasteiger partial charge in [0.25, 0.3) is 17.7 Å². The molecule has 2 heterocycles. The summed E-state index contributed by atoms with van der Waals surface area (Å²) in [4.78, 5) is 54.7. The van der Waals surface area contributed by atoms with Crippen molar-refractivity contribution in [3.63, 3.8) is 0 Å².